The van der Waals surface area contributed by atoms with Gasteiger partial charge in [-0.05, 0) is 19.1 Å². The largest absolute Gasteiger partial charge is 0.450 e. The Morgan fingerprint density at radius 2 is 2.22 bits per heavy atom. The van der Waals surface area contributed by atoms with Gasteiger partial charge in [0.25, 0.3) is 0 Å². The zero-order valence-electron chi connectivity index (χ0n) is 12.9. The smallest absolute Gasteiger partial charge is 0.407 e. The lowest BCUT2D eigenvalue weighted by Crippen LogP contribution is -2.27. The molecule has 4 N–H and O–H groups in total. The number of thiazole rings is 1. The third-order valence-corrected chi connectivity index (χ3v) is 3.46. The number of hydrogen-bond acceptors (Lipinski definition) is 6. The molecule has 0 radical (unpaired) electrons. The zero-order chi connectivity index (χ0) is 16.7. The Morgan fingerprint density at radius 1 is 1.39 bits per heavy atom. The summed E-state index contributed by atoms with van der Waals surface area (Å²) < 4.78 is 4.81. The molecule has 9 heteroatoms. The van der Waals surface area contributed by atoms with Gasteiger partial charge in [0.1, 0.15) is 5.69 Å². The Morgan fingerprint density at radius 3 is 2.96 bits per heavy atom. The summed E-state index contributed by atoms with van der Waals surface area (Å²) in [5.74, 6) is 0.297. The normalized spacial score (nSPS) is 11.1. The first-order valence-corrected chi connectivity index (χ1v) is 7.84. The highest BCUT2D eigenvalue weighted by atomic mass is 32.1. The number of ether oxygens (including phenoxy) is 1. The summed E-state index contributed by atoms with van der Waals surface area (Å²) in [7, 11) is 1.69. The predicted molar refractivity (Wildman–Crippen MR) is 89.5 cm³/mol. The number of alkyl carbamates (subject to hydrolysis) is 1. The summed E-state index contributed by atoms with van der Waals surface area (Å²) in [5, 5.41) is 7.76. The first-order valence-electron chi connectivity index (χ1n) is 6.96. The summed E-state index contributed by atoms with van der Waals surface area (Å²) >= 11 is 1.37. The predicted octanol–water partition coefficient (Wildman–Crippen LogP) is 1.62. The van der Waals surface area contributed by atoms with Gasteiger partial charge in [-0.2, -0.15) is 4.99 Å². The second-order valence-corrected chi connectivity index (χ2v) is 5.19. The molecule has 0 bridgehead atoms. The second kappa shape index (κ2) is 8.08. The van der Waals surface area contributed by atoms with Gasteiger partial charge in [0, 0.05) is 12.4 Å². The van der Waals surface area contributed by atoms with Gasteiger partial charge < -0.3 is 21.1 Å². The number of aromatic nitrogens is 2. The van der Waals surface area contributed by atoms with Gasteiger partial charge in [0.2, 0.25) is 5.13 Å². The molecule has 122 valence electrons. The Balaban J connectivity index is 2.09. The van der Waals surface area contributed by atoms with Crippen molar-refractivity contribution in [2.45, 2.75) is 13.5 Å². The maximum atomic E-state index is 11.3. The third kappa shape index (κ3) is 4.92. The lowest BCUT2D eigenvalue weighted by molar-refractivity contribution is 0.151. The number of nitrogens with two attached hydrogens (primary N) is 1. The molecule has 0 fully saturated rings. The number of guanidine groups is 1. The molecule has 0 aliphatic rings. The van der Waals surface area contributed by atoms with Crippen molar-refractivity contribution in [3.8, 4) is 11.4 Å². The van der Waals surface area contributed by atoms with Crippen molar-refractivity contribution in [1.29, 1.82) is 0 Å². The maximum Gasteiger partial charge on any atom is 0.407 e. The van der Waals surface area contributed by atoms with Crippen molar-refractivity contribution >= 4 is 28.5 Å². The Labute approximate surface area is 137 Å². The van der Waals surface area contributed by atoms with Crippen LogP contribution >= 0.6 is 11.3 Å². The molecule has 0 saturated heterocycles. The van der Waals surface area contributed by atoms with Crippen LogP contribution in [0.25, 0.3) is 11.4 Å². The minimum absolute atomic E-state index is 0.286. The minimum Gasteiger partial charge on any atom is -0.450 e. The number of pyridine rings is 1. The molecule has 2 heterocycles. The van der Waals surface area contributed by atoms with Crippen LogP contribution in [0.5, 0.6) is 0 Å². The van der Waals surface area contributed by atoms with Crippen LogP contribution in [0.1, 0.15) is 12.6 Å². The topological polar surface area (TPSA) is 115 Å². The molecule has 23 heavy (non-hydrogen) atoms. The monoisotopic (exact) mass is 334 g/mol. The Kier molecular flexibility index (Phi) is 5.87. The second-order valence-electron chi connectivity index (χ2n) is 4.35. The Bertz CT molecular complexity index is 700. The van der Waals surface area contributed by atoms with E-state index in [1.54, 1.807) is 14.0 Å². The molecule has 1 amide bonds. The number of nitrogens with one attached hydrogen (secondary N) is 2. The molecule has 8 nitrogen and oxygen atoms in total. The number of carbonyl (C=O) groups excluding carboxylic acids is 1. The van der Waals surface area contributed by atoms with Crippen molar-refractivity contribution in [2.24, 2.45) is 10.7 Å². The van der Waals surface area contributed by atoms with Crippen molar-refractivity contribution < 1.29 is 9.53 Å². The molecule has 0 atom stereocenters. The molecule has 0 unspecified atom stereocenters. The quantitative estimate of drug-likeness (QED) is 0.565. The van der Waals surface area contributed by atoms with E-state index in [9.17, 15) is 4.79 Å². The molecular formula is C14H18N6O2S. The highest BCUT2D eigenvalue weighted by Crippen LogP contribution is 2.25. The fourth-order valence-corrected chi connectivity index (χ4v) is 2.35. The molecular weight excluding hydrogens is 316 g/mol. The highest BCUT2D eigenvalue weighted by molar-refractivity contribution is 7.13. The minimum atomic E-state index is -0.465. The number of carbonyl (C=O) groups is 1. The lowest BCUT2D eigenvalue weighted by atomic mass is 10.2. The lowest BCUT2D eigenvalue weighted by Gasteiger charge is -2.05. The Hall–Kier alpha value is -2.68. The van der Waals surface area contributed by atoms with Crippen molar-refractivity contribution in [2.75, 3.05) is 13.7 Å². The first-order chi connectivity index (χ1) is 11.1. The number of hydrogen-bond donors (Lipinski definition) is 3. The SMILES string of the molecule is CCOC(=O)NCc1cccc(-c2csc(/N=C(\N)NC)n2)n1. The van der Waals surface area contributed by atoms with Crippen molar-refractivity contribution in [3.05, 3.63) is 29.3 Å². The van der Waals surface area contributed by atoms with Crippen LogP contribution in [0.15, 0.2) is 28.6 Å². The summed E-state index contributed by atoms with van der Waals surface area (Å²) in [6.45, 7) is 2.37. The average Bonchev–Trinajstić information content (AvgIpc) is 3.02. The van der Waals surface area contributed by atoms with E-state index in [4.69, 9.17) is 10.5 Å². The summed E-state index contributed by atoms with van der Waals surface area (Å²) in [6.07, 6.45) is -0.465. The van der Waals surface area contributed by atoms with Crippen LogP contribution in [0.2, 0.25) is 0 Å². The van der Waals surface area contributed by atoms with Crippen LogP contribution in [0, 0.1) is 0 Å². The van der Waals surface area contributed by atoms with E-state index in [0.29, 0.717) is 34.8 Å². The van der Waals surface area contributed by atoms with E-state index in [2.05, 4.69) is 25.6 Å². The van der Waals surface area contributed by atoms with Crippen LogP contribution in [-0.2, 0) is 11.3 Å². The van der Waals surface area contributed by atoms with Gasteiger partial charge in [0.05, 0.1) is 24.5 Å². The number of nitrogens with zero attached hydrogens (tertiary/aromatic N) is 3. The van der Waals surface area contributed by atoms with Gasteiger partial charge >= 0.3 is 6.09 Å². The van der Waals surface area contributed by atoms with Crippen molar-refractivity contribution in [1.82, 2.24) is 20.6 Å². The molecule has 0 spiro atoms. The van der Waals surface area contributed by atoms with Gasteiger partial charge in [-0.3, -0.25) is 0 Å². The molecule has 2 aromatic heterocycles. The summed E-state index contributed by atoms with van der Waals surface area (Å²) in [5.41, 5.74) is 7.73. The van der Waals surface area contributed by atoms with Crippen LogP contribution < -0.4 is 16.4 Å². The van der Waals surface area contributed by atoms with E-state index < -0.39 is 6.09 Å². The first kappa shape index (κ1) is 16.7. The van der Waals surface area contributed by atoms with E-state index in [1.165, 1.54) is 11.3 Å². The molecule has 0 saturated carbocycles. The highest BCUT2D eigenvalue weighted by Gasteiger charge is 2.07. The average molecular weight is 334 g/mol. The van der Waals surface area contributed by atoms with Gasteiger partial charge in [-0.1, -0.05) is 6.07 Å². The summed E-state index contributed by atoms with van der Waals surface area (Å²) in [4.78, 5) is 24.3. The standard InChI is InChI=1S/C14H18N6O2S/c1-3-22-14(21)17-7-9-5-4-6-10(18-9)11-8-23-13(19-11)20-12(15)16-2/h4-6,8H,3,7H2,1-2H3,(H,17,21)(H3,15,16,19,20). The van der Waals surface area contributed by atoms with E-state index >= 15 is 0 Å². The molecule has 0 aromatic carbocycles. The third-order valence-electron chi connectivity index (χ3n) is 2.72. The fourth-order valence-electron chi connectivity index (χ4n) is 1.66. The van der Waals surface area contributed by atoms with E-state index in [-0.39, 0.29) is 6.54 Å². The van der Waals surface area contributed by atoms with E-state index in [0.717, 1.165) is 0 Å². The fraction of sp³-hybridized carbons (Fsp3) is 0.286. The molecule has 0 aliphatic heterocycles. The molecule has 2 rings (SSSR count). The molecule has 0 aliphatic carbocycles. The molecule has 2 aromatic rings. The van der Waals surface area contributed by atoms with Gasteiger partial charge in [-0.25, -0.2) is 14.8 Å². The van der Waals surface area contributed by atoms with Crippen LogP contribution in [0.3, 0.4) is 0 Å². The van der Waals surface area contributed by atoms with E-state index in [1.807, 2.05) is 23.6 Å². The van der Waals surface area contributed by atoms with Crippen LogP contribution in [0.4, 0.5) is 9.93 Å². The van der Waals surface area contributed by atoms with Gasteiger partial charge in [0.15, 0.2) is 5.96 Å². The summed E-state index contributed by atoms with van der Waals surface area (Å²) in [6, 6.07) is 5.52. The van der Waals surface area contributed by atoms with Crippen LogP contribution in [-0.4, -0.2) is 35.7 Å². The van der Waals surface area contributed by atoms with Crippen molar-refractivity contribution in [3.63, 3.8) is 0 Å². The number of amides is 1. The number of rotatable bonds is 5. The maximum absolute atomic E-state index is 11.3. The zero-order valence-corrected chi connectivity index (χ0v) is 13.7. The van der Waals surface area contributed by atoms with Gasteiger partial charge in [-0.15, -0.1) is 11.3 Å². The number of aliphatic imine (C=N–C) groups is 1.